The Labute approximate surface area is 207 Å². The lowest BCUT2D eigenvalue weighted by atomic mass is 10.0. The number of benzene rings is 2. The lowest BCUT2D eigenvalue weighted by Crippen LogP contribution is -2.43. The van der Waals surface area contributed by atoms with Gasteiger partial charge in [-0.3, -0.25) is 4.79 Å². The second kappa shape index (κ2) is 11.2. The van der Waals surface area contributed by atoms with Gasteiger partial charge in [-0.2, -0.15) is 4.31 Å². The first-order valence-corrected chi connectivity index (χ1v) is 13.6. The highest BCUT2D eigenvalue weighted by atomic mass is 32.2. The van der Waals surface area contributed by atoms with Crippen molar-refractivity contribution < 1.29 is 17.9 Å². The number of rotatable bonds is 10. The molecular formula is C26H34N4O4S. The van der Waals surface area contributed by atoms with E-state index in [1.54, 1.807) is 35.7 Å². The molecule has 1 aliphatic heterocycles. The number of methoxy groups -OCH3 is 1. The fraction of sp³-hybridized carbons (Fsp3) is 0.423. The molecule has 2 aromatic carbocycles. The van der Waals surface area contributed by atoms with Gasteiger partial charge in [0.05, 0.1) is 18.6 Å². The normalized spacial score (nSPS) is 16.9. The Kier molecular flexibility index (Phi) is 8.10. The molecule has 1 fully saturated rings. The summed E-state index contributed by atoms with van der Waals surface area (Å²) in [6.45, 7) is 3.40. The minimum absolute atomic E-state index is 0.0606. The van der Waals surface area contributed by atoms with Gasteiger partial charge < -0.3 is 20.4 Å². The highest BCUT2D eigenvalue weighted by Gasteiger charge is 2.32. The van der Waals surface area contributed by atoms with Gasteiger partial charge in [0.15, 0.2) is 0 Å². The summed E-state index contributed by atoms with van der Waals surface area (Å²) in [5.74, 6) is 0.633. The smallest absolute Gasteiger partial charge is 0.243 e. The number of aromatic amines is 1. The predicted octanol–water partition coefficient (Wildman–Crippen LogP) is 3.90. The third kappa shape index (κ3) is 5.86. The lowest BCUT2D eigenvalue weighted by molar-refractivity contribution is -0.115. The van der Waals surface area contributed by atoms with Crippen LogP contribution in [0.2, 0.25) is 0 Å². The summed E-state index contributed by atoms with van der Waals surface area (Å²) >= 11 is 0. The molecule has 2 heterocycles. The number of carbonyl (C=O) groups is 1. The SMILES string of the molecule is CCC1CCCCN1S(=O)(=O)c1ccc(NC(=O)CNCCc2c[nH]c3ccc(OC)cc23)cc1. The minimum atomic E-state index is -3.53. The quantitative estimate of drug-likeness (QED) is 0.368. The van der Waals surface area contributed by atoms with Crippen molar-refractivity contribution in [2.24, 2.45) is 0 Å². The topological polar surface area (TPSA) is 104 Å². The van der Waals surface area contributed by atoms with Crippen molar-refractivity contribution in [2.45, 2.75) is 50.0 Å². The molecule has 1 aliphatic rings. The summed E-state index contributed by atoms with van der Waals surface area (Å²) in [6.07, 6.45) is 6.43. The molecule has 35 heavy (non-hydrogen) atoms. The molecule has 1 unspecified atom stereocenters. The molecule has 0 radical (unpaired) electrons. The Morgan fingerprint density at radius 2 is 1.97 bits per heavy atom. The van der Waals surface area contributed by atoms with Gasteiger partial charge in [0.2, 0.25) is 15.9 Å². The zero-order valence-electron chi connectivity index (χ0n) is 20.3. The standard InChI is InChI=1S/C26H34N4O4S/c1-3-21-6-4-5-15-30(21)35(32,33)23-10-7-20(8-11-23)29-26(31)18-27-14-13-19-17-28-25-12-9-22(34-2)16-24(19)25/h7-12,16-17,21,27-28H,3-6,13-15,18H2,1-2H3,(H,29,31). The van der Waals surface area contributed by atoms with Crippen LogP contribution in [0.3, 0.4) is 0 Å². The molecule has 1 amide bonds. The number of hydrogen-bond donors (Lipinski definition) is 3. The van der Waals surface area contributed by atoms with E-state index >= 15 is 0 Å². The van der Waals surface area contributed by atoms with Crippen LogP contribution in [0.1, 0.15) is 38.2 Å². The Hall–Kier alpha value is -2.88. The first-order valence-electron chi connectivity index (χ1n) is 12.2. The van der Waals surface area contributed by atoms with Crippen molar-refractivity contribution in [3.8, 4) is 5.75 Å². The van der Waals surface area contributed by atoms with Crippen LogP contribution in [-0.4, -0.2) is 56.4 Å². The van der Waals surface area contributed by atoms with Crippen molar-refractivity contribution in [3.05, 3.63) is 54.2 Å². The van der Waals surface area contributed by atoms with E-state index in [0.717, 1.165) is 54.3 Å². The second-order valence-corrected chi connectivity index (χ2v) is 10.8. The van der Waals surface area contributed by atoms with Crippen molar-refractivity contribution >= 4 is 32.5 Å². The van der Waals surface area contributed by atoms with Gasteiger partial charge in [0, 0.05) is 35.4 Å². The molecule has 0 bridgehead atoms. The maximum atomic E-state index is 13.1. The minimum Gasteiger partial charge on any atom is -0.497 e. The molecule has 0 saturated carbocycles. The van der Waals surface area contributed by atoms with Crippen LogP contribution in [0.4, 0.5) is 5.69 Å². The summed E-state index contributed by atoms with van der Waals surface area (Å²) in [5, 5.41) is 7.10. The van der Waals surface area contributed by atoms with E-state index in [2.05, 4.69) is 15.6 Å². The van der Waals surface area contributed by atoms with Gasteiger partial charge in [0.1, 0.15) is 5.75 Å². The number of H-pyrrole nitrogens is 1. The van der Waals surface area contributed by atoms with Gasteiger partial charge in [-0.1, -0.05) is 13.3 Å². The number of ether oxygens (including phenoxy) is 1. The molecule has 4 rings (SSSR count). The largest absolute Gasteiger partial charge is 0.497 e. The van der Waals surface area contributed by atoms with E-state index in [4.69, 9.17) is 4.74 Å². The number of aromatic nitrogens is 1. The number of hydrogen-bond acceptors (Lipinski definition) is 5. The molecule has 1 atom stereocenters. The van der Waals surface area contributed by atoms with Crippen LogP contribution in [0.5, 0.6) is 5.75 Å². The molecule has 9 heteroatoms. The monoisotopic (exact) mass is 498 g/mol. The van der Waals surface area contributed by atoms with E-state index in [9.17, 15) is 13.2 Å². The number of nitrogens with zero attached hydrogens (tertiary/aromatic N) is 1. The number of piperidine rings is 1. The zero-order valence-corrected chi connectivity index (χ0v) is 21.2. The molecule has 1 saturated heterocycles. The average molecular weight is 499 g/mol. The van der Waals surface area contributed by atoms with E-state index in [1.165, 1.54) is 0 Å². The molecule has 8 nitrogen and oxygen atoms in total. The van der Waals surface area contributed by atoms with Gasteiger partial charge in [-0.25, -0.2) is 8.42 Å². The highest BCUT2D eigenvalue weighted by molar-refractivity contribution is 7.89. The van der Waals surface area contributed by atoms with E-state index < -0.39 is 10.0 Å². The maximum Gasteiger partial charge on any atom is 0.243 e. The lowest BCUT2D eigenvalue weighted by Gasteiger charge is -2.34. The molecule has 3 N–H and O–H groups in total. The van der Waals surface area contributed by atoms with Gasteiger partial charge >= 0.3 is 0 Å². The van der Waals surface area contributed by atoms with E-state index in [1.807, 2.05) is 31.3 Å². The van der Waals surface area contributed by atoms with Gasteiger partial charge in [-0.05, 0) is 80.3 Å². The molecule has 0 aliphatic carbocycles. The Morgan fingerprint density at radius 1 is 1.17 bits per heavy atom. The van der Waals surface area contributed by atoms with Crippen LogP contribution < -0.4 is 15.4 Å². The molecule has 3 aromatic rings. The van der Waals surface area contributed by atoms with Crippen molar-refractivity contribution in [2.75, 3.05) is 32.1 Å². The first kappa shape index (κ1) is 25.2. The van der Waals surface area contributed by atoms with Crippen molar-refractivity contribution in [3.63, 3.8) is 0 Å². The van der Waals surface area contributed by atoms with Crippen LogP contribution in [0, 0.1) is 0 Å². The third-order valence-electron chi connectivity index (χ3n) is 6.62. The van der Waals surface area contributed by atoms with Crippen LogP contribution in [0.25, 0.3) is 10.9 Å². The predicted molar refractivity (Wildman–Crippen MR) is 138 cm³/mol. The maximum absolute atomic E-state index is 13.1. The third-order valence-corrected chi connectivity index (χ3v) is 8.59. The summed E-state index contributed by atoms with van der Waals surface area (Å²) in [5.41, 5.74) is 2.78. The summed E-state index contributed by atoms with van der Waals surface area (Å²) < 4.78 is 33.1. The molecular weight excluding hydrogens is 464 g/mol. The number of nitrogens with one attached hydrogen (secondary N) is 3. The second-order valence-electron chi connectivity index (χ2n) is 8.90. The number of carbonyl (C=O) groups excluding carboxylic acids is 1. The van der Waals surface area contributed by atoms with Crippen LogP contribution in [0.15, 0.2) is 53.6 Å². The molecule has 188 valence electrons. The van der Waals surface area contributed by atoms with Crippen molar-refractivity contribution in [1.82, 2.24) is 14.6 Å². The Morgan fingerprint density at radius 3 is 2.71 bits per heavy atom. The van der Waals surface area contributed by atoms with Crippen LogP contribution >= 0.6 is 0 Å². The Balaban J connectivity index is 1.27. The van der Waals surface area contributed by atoms with E-state index in [-0.39, 0.29) is 23.4 Å². The summed E-state index contributed by atoms with van der Waals surface area (Å²) in [4.78, 5) is 15.9. The first-order chi connectivity index (χ1) is 16.9. The Bertz CT molecular complexity index is 1250. The summed E-state index contributed by atoms with van der Waals surface area (Å²) in [6, 6.07) is 12.4. The number of fused-ring (bicyclic) bond motifs is 1. The highest BCUT2D eigenvalue weighted by Crippen LogP contribution is 2.27. The number of amides is 1. The van der Waals surface area contributed by atoms with Crippen molar-refractivity contribution in [1.29, 1.82) is 0 Å². The fourth-order valence-corrected chi connectivity index (χ4v) is 6.43. The number of anilines is 1. The molecule has 1 aromatic heterocycles. The van der Waals surface area contributed by atoms with E-state index in [0.29, 0.717) is 18.8 Å². The summed E-state index contributed by atoms with van der Waals surface area (Å²) in [7, 11) is -1.88. The fourth-order valence-electron chi connectivity index (χ4n) is 4.67. The average Bonchev–Trinajstić information content (AvgIpc) is 3.29. The zero-order chi connectivity index (χ0) is 24.8. The number of sulfonamides is 1. The van der Waals surface area contributed by atoms with Gasteiger partial charge in [0.25, 0.3) is 0 Å². The molecule has 0 spiro atoms. The van der Waals surface area contributed by atoms with Crippen LogP contribution in [-0.2, 0) is 21.2 Å². The van der Waals surface area contributed by atoms with Gasteiger partial charge in [-0.15, -0.1) is 0 Å².